The minimum atomic E-state index is -0.545. The van der Waals surface area contributed by atoms with E-state index < -0.39 is 11.6 Å². The van der Waals surface area contributed by atoms with Crippen molar-refractivity contribution < 1.29 is 8.78 Å². The summed E-state index contributed by atoms with van der Waals surface area (Å²) < 4.78 is 28.7. The highest BCUT2D eigenvalue weighted by Crippen LogP contribution is 2.33. The fourth-order valence-electron chi connectivity index (χ4n) is 1.64. The second-order valence-corrected chi connectivity index (χ2v) is 5.98. The molecular formula is C14H12BrF2NS. The summed E-state index contributed by atoms with van der Waals surface area (Å²) in [7, 11) is 0. The minimum absolute atomic E-state index is 0.0168. The molecule has 2 aromatic carbocycles. The summed E-state index contributed by atoms with van der Waals surface area (Å²) in [5, 5.41) is 0. The van der Waals surface area contributed by atoms with Crippen LogP contribution in [-0.4, -0.2) is 6.54 Å². The van der Waals surface area contributed by atoms with Gasteiger partial charge in [0.2, 0.25) is 0 Å². The zero-order chi connectivity index (χ0) is 13.8. The van der Waals surface area contributed by atoms with E-state index in [-0.39, 0.29) is 4.90 Å². The van der Waals surface area contributed by atoms with Crippen LogP contribution in [0.15, 0.2) is 50.7 Å². The normalized spacial score (nSPS) is 10.7. The van der Waals surface area contributed by atoms with E-state index in [1.165, 1.54) is 12.1 Å². The van der Waals surface area contributed by atoms with Gasteiger partial charge < -0.3 is 5.73 Å². The molecule has 1 nitrogen and oxygen atoms in total. The third-order valence-electron chi connectivity index (χ3n) is 2.52. The summed E-state index contributed by atoms with van der Waals surface area (Å²) in [5.41, 5.74) is 5.96. The molecule has 0 spiro atoms. The first kappa shape index (κ1) is 14.5. The average molecular weight is 344 g/mol. The molecule has 0 saturated carbocycles. The number of hydrogen-bond donors (Lipinski definition) is 1. The van der Waals surface area contributed by atoms with Crippen molar-refractivity contribution in [2.45, 2.75) is 16.2 Å². The zero-order valence-corrected chi connectivity index (χ0v) is 12.4. The van der Waals surface area contributed by atoms with E-state index in [0.29, 0.717) is 18.5 Å². The van der Waals surface area contributed by atoms with Gasteiger partial charge in [0.25, 0.3) is 0 Å². The van der Waals surface area contributed by atoms with Crippen LogP contribution >= 0.6 is 27.7 Å². The van der Waals surface area contributed by atoms with Crippen molar-refractivity contribution in [2.24, 2.45) is 5.73 Å². The van der Waals surface area contributed by atoms with Crippen LogP contribution in [0.5, 0.6) is 0 Å². The summed E-state index contributed by atoms with van der Waals surface area (Å²) in [6.07, 6.45) is 0.469. The van der Waals surface area contributed by atoms with Crippen molar-refractivity contribution in [2.75, 3.05) is 6.54 Å². The van der Waals surface area contributed by atoms with Crippen LogP contribution in [0, 0.1) is 11.6 Å². The van der Waals surface area contributed by atoms with Gasteiger partial charge in [-0.1, -0.05) is 27.7 Å². The van der Waals surface area contributed by atoms with Crippen molar-refractivity contribution in [1.82, 2.24) is 0 Å². The third-order valence-corrected chi connectivity index (χ3v) is 4.16. The zero-order valence-electron chi connectivity index (χ0n) is 10.00. The van der Waals surface area contributed by atoms with E-state index in [4.69, 9.17) is 5.73 Å². The van der Waals surface area contributed by atoms with Crippen LogP contribution in [0.4, 0.5) is 8.78 Å². The lowest BCUT2D eigenvalue weighted by molar-refractivity contribution is 0.537. The SMILES string of the molecule is NCCc1cc(F)c(Sc2ccc(Br)cc2)c(F)c1. The Morgan fingerprint density at radius 3 is 2.16 bits per heavy atom. The Bertz CT molecular complexity index is 549. The summed E-state index contributed by atoms with van der Waals surface area (Å²) >= 11 is 4.39. The van der Waals surface area contributed by atoms with Gasteiger partial charge in [-0.15, -0.1) is 0 Å². The molecule has 2 aromatic rings. The molecule has 0 saturated heterocycles. The second-order valence-electron chi connectivity index (χ2n) is 3.98. The van der Waals surface area contributed by atoms with Crippen molar-refractivity contribution in [1.29, 1.82) is 0 Å². The molecule has 2 rings (SSSR count). The molecule has 0 heterocycles. The molecule has 0 unspecified atom stereocenters. The maximum atomic E-state index is 13.9. The first-order valence-corrected chi connectivity index (χ1v) is 7.32. The largest absolute Gasteiger partial charge is 0.330 e. The van der Waals surface area contributed by atoms with Gasteiger partial charge in [-0.3, -0.25) is 0 Å². The molecule has 0 amide bonds. The van der Waals surface area contributed by atoms with Crippen molar-refractivity contribution in [3.8, 4) is 0 Å². The number of hydrogen-bond acceptors (Lipinski definition) is 2. The fourth-order valence-corrected chi connectivity index (χ4v) is 2.73. The van der Waals surface area contributed by atoms with Crippen LogP contribution < -0.4 is 5.73 Å². The van der Waals surface area contributed by atoms with Crippen LogP contribution in [0.3, 0.4) is 0 Å². The second kappa shape index (κ2) is 6.50. The molecule has 19 heavy (non-hydrogen) atoms. The number of benzene rings is 2. The first-order valence-electron chi connectivity index (χ1n) is 5.71. The van der Waals surface area contributed by atoms with Crippen molar-refractivity contribution >= 4 is 27.7 Å². The Hall–Kier alpha value is -0.910. The summed E-state index contributed by atoms with van der Waals surface area (Å²) in [6.45, 7) is 0.373. The number of halogens is 3. The Morgan fingerprint density at radius 2 is 1.63 bits per heavy atom. The Kier molecular flexibility index (Phi) is 4.96. The molecule has 0 bridgehead atoms. The van der Waals surface area contributed by atoms with Crippen LogP contribution in [0.1, 0.15) is 5.56 Å². The van der Waals surface area contributed by atoms with Gasteiger partial charge in [0.1, 0.15) is 11.6 Å². The standard InChI is InChI=1S/C14H12BrF2NS/c15-10-1-3-11(4-2-10)19-14-12(16)7-9(5-6-18)8-13(14)17/h1-4,7-8H,5-6,18H2. The predicted molar refractivity (Wildman–Crippen MR) is 77.4 cm³/mol. The van der Waals surface area contributed by atoms with E-state index in [2.05, 4.69) is 15.9 Å². The summed E-state index contributed by atoms with van der Waals surface area (Å²) in [6, 6.07) is 9.97. The van der Waals surface area contributed by atoms with Gasteiger partial charge in [-0.05, 0) is 54.9 Å². The van der Waals surface area contributed by atoms with E-state index >= 15 is 0 Å². The lowest BCUT2D eigenvalue weighted by Crippen LogP contribution is -2.04. The van der Waals surface area contributed by atoms with Crippen LogP contribution in [-0.2, 0) is 6.42 Å². The summed E-state index contributed by atoms with van der Waals surface area (Å²) in [4.78, 5) is 0.802. The molecule has 0 aliphatic carbocycles. The van der Waals surface area contributed by atoms with E-state index in [9.17, 15) is 8.78 Å². The first-order chi connectivity index (χ1) is 9.10. The van der Waals surface area contributed by atoms with Gasteiger partial charge in [0.05, 0.1) is 4.90 Å². The number of nitrogens with two attached hydrogens (primary N) is 1. The lowest BCUT2D eigenvalue weighted by Gasteiger charge is -2.07. The smallest absolute Gasteiger partial charge is 0.140 e. The van der Waals surface area contributed by atoms with Crippen molar-refractivity contribution in [3.63, 3.8) is 0 Å². The summed E-state index contributed by atoms with van der Waals surface area (Å²) in [5.74, 6) is -1.09. The predicted octanol–water partition coefficient (Wildman–Crippen LogP) is 4.38. The van der Waals surface area contributed by atoms with Gasteiger partial charge in [0.15, 0.2) is 0 Å². The molecule has 0 aliphatic rings. The molecule has 100 valence electrons. The van der Waals surface area contributed by atoms with E-state index in [1.807, 2.05) is 12.1 Å². The highest BCUT2D eigenvalue weighted by molar-refractivity contribution is 9.10. The highest BCUT2D eigenvalue weighted by Gasteiger charge is 2.12. The molecular weight excluding hydrogens is 332 g/mol. The van der Waals surface area contributed by atoms with Crippen LogP contribution in [0.2, 0.25) is 0 Å². The Labute approximate surface area is 123 Å². The molecule has 0 aliphatic heterocycles. The highest BCUT2D eigenvalue weighted by atomic mass is 79.9. The molecule has 0 aromatic heterocycles. The monoisotopic (exact) mass is 343 g/mol. The van der Waals surface area contributed by atoms with Crippen molar-refractivity contribution in [3.05, 3.63) is 58.1 Å². The van der Waals surface area contributed by atoms with Gasteiger partial charge in [-0.25, -0.2) is 8.78 Å². The molecule has 5 heteroatoms. The molecule has 0 atom stereocenters. The molecule has 0 radical (unpaired) electrons. The topological polar surface area (TPSA) is 26.0 Å². The maximum Gasteiger partial charge on any atom is 0.140 e. The lowest BCUT2D eigenvalue weighted by atomic mass is 10.1. The Morgan fingerprint density at radius 1 is 1.05 bits per heavy atom. The fraction of sp³-hybridized carbons (Fsp3) is 0.143. The van der Waals surface area contributed by atoms with Gasteiger partial charge >= 0.3 is 0 Å². The van der Waals surface area contributed by atoms with Gasteiger partial charge in [0, 0.05) is 9.37 Å². The minimum Gasteiger partial charge on any atom is -0.330 e. The molecule has 2 N–H and O–H groups in total. The Balaban J connectivity index is 2.27. The van der Waals surface area contributed by atoms with E-state index in [1.54, 1.807) is 12.1 Å². The van der Waals surface area contributed by atoms with Gasteiger partial charge in [-0.2, -0.15) is 0 Å². The van der Waals surface area contributed by atoms with Crippen LogP contribution in [0.25, 0.3) is 0 Å². The molecule has 0 fully saturated rings. The van der Waals surface area contributed by atoms with E-state index in [0.717, 1.165) is 21.1 Å². The average Bonchev–Trinajstić information content (AvgIpc) is 2.36. The quantitative estimate of drug-likeness (QED) is 0.891. The third kappa shape index (κ3) is 3.78. The maximum absolute atomic E-state index is 13.9. The number of rotatable bonds is 4.